The molecular weight excluding hydrogens is 206 g/mol. The molecule has 0 heterocycles. The van der Waals surface area contributed by atoms with E-state index < -0.39 is 6.10 Å². The molecule has 84 valence electrons. The number of Topliss-reactive ketones (excluding diaryl/α,β-unsaturated/α-hetero) is 1. The van der Waals surface area contributed by atoms with Gasteiger partial charge in [-0.3, -0.25) is 4.79 Å². The van der Waals surface area contributed by atoms with E-state index in [-0.39, 0.29) is 18.6 Å². The summed E-state index contributed by atoms with van der Waals surface area (Å²) in [5.41, 5.74) is 0.438. The molecule has 0 aliphatic rings. The van der Waals surface area contributed by atoms with E-state index in [0.29, 0.717) is 11.3 Å². The smallest absolute Gasteiger partial charge is 0.166 e. The van der Waals surface area contributed by atoms with E-state index in [2.05, 4.69) is 0 Å². The molecule has 0 saturated carbocycles. The van der Waals surface area contributed by atoms with Gasteiger partial charge in [-0.15, -0.1) is 0 Å². The molecule has 0 aromatic heterocycles. The lowest BCUT2D eigenvalue weighted by atomic mass is 10.0. The monoisotopic (exact) mass is 219 g/mol. The molecule has 1 rings (SSSR count). The molecule has 0 aliphatic carbocycles. The zero-order valence-electron chi connectivity index (χ0n) is 9.01. The molecule has 0 saturated heterocycles. The maximum atomic E-state index is 11.5. The van der Waals surface area contributed by atoms with E-state index in [0.717, 1.165) is 0 Å². The molecule has 1 aromatic rings. The lowest BCUT2D eigenvalue weighted by molar-refractivity contribution is -0.127. The minimum atomic E-state index is -1.22. The normalized spacial score (nSPS) is 11.6. The number of carbonyl (C=O) groups is 1. The Bertz CT molecular complexity index is 409. The summed E-state index contributed by atoms with van der Waals surface area (Å²) in [6.45, 7) is 0. The van der Waals surface area contributed by atoms with E-state index in [1.54, 1.807) is 24.3 Å². The van der Waals surface area contributed by atoms with Gasteiger partial charge >= 0.3 is 0 Å². The number of ether oxygens (including phenoxy) is 1. The van der Waals surface area contributed by atoms with Crippen molar-refractivity contribution in [1.29, 1.82) is 5.26 Å². The molecule has 4 heteroatoms. The highest BCUT2D eigenvalue weighted by Crippen LogP contribution is 2.26. The van der Waals surface area contributed by atoms with E-state index >= 15 is 0 Å². The lowest BCUT2D eigenvalue weighted by Crippen LogP contribution is -2.12. The van der Waals surface area contributed by atoms with Crippen LogP contribution in [0.25, 0.3) is 0 Å². The number of benzene rings is 1. The third-order valence-corrected chi connectivity index (χ3v) is 2.22. The second kappa shape index (κ2) is 5.89. The van der Waals surface area contributed by atoms with Crippen molar-refractivity contribution < 1.29 is 14.6 Å². The van der Waals surface area contributed by atoms with Crippen molar-refractivity contribution in [1.82, 2.24) is 0 Å². The first-order chi connectivity index (χ1) is 7.70. The van der Waals surface area contributed by atoms with Gasteiger partial charge in [0.2, 0.25) is 0 Å². The van der Waals surface area contributed by atoms with Gasteiger partial charge in [-0.2, -0.15) is 5.26 Å². The molecular formula is C12H13NO3. The molecule has 4 nitrogen and oxygen atoms in total. The molecule has 0 bridgehead atoms. The summed E-state index contributed by atoms with van der Waals surface area (Å²) in [4.78, 5) is 11.5. The van der Waals surface area contributed by atoms with Crippen molar-refractivity contribution in [3.63, 3.8) is 0 Å². The summed E-state index contributed by atoms with van der Waals surface area (Å²) in [5, 5.41) is 18.1. The number of rotatable bonds is 5. The second-order valence-electron chi connectivity index (χ2n) is 3.27. The van der Waals surface area contributed by atoms with E-state index in [1.165, 1.54) is 7.11 Å². The van der Waals surface area contributed by atoms with Gasteiger partial charge in [0.25, 0.3) is 0 Å². The van der Waals surface area contributed by atoms with Crippen LogP contribution in [0.4, 0.5) is 0 Å². The van der Waals surface area contributed by atoms with Gasteiger partial charge in [0, 0.05) is 18.4 Å². The Labute approximate surface area is 94.1 Å². The number of aliphatic hydroxyl groups is 1. The minimum absolute atomic E-state index is 0.0513. The predicted molar refractivity (Wildman–Crippen MR) is 57.8 cm³/mol. The Morgan fingerprint density at radius 3 is 2.88 bits per heavy atom. The van der Waals surface area contributed by atoms with Gasteiger partial charge < -0.3 is 9.84 Å². The zero-order valence-corrected chi connectivity index (χ0v) is 9.01. The average Bonchev–Trinajstić information content (AvgIpc) is 2.34. The number of ketones is 1. The summed E-state index contributed by atoms with van der Waals surface area (Å²) in [6, 6.07) is 8.66. The molecule has 0 radical (unpaired) electrons. The largest absolute Gasteiger partial charge is 0.496 e. The summed E-state index contributed by atoms with van der Waals surface area (Å²) in [5.74, 6) is 0.103. The van der Waals surface area contributed by atoms with Crippen LogP contribution >= 0.6 is 0 Å². The van der Waals surface area contributed by atoms with E-state index in [9.17, 15) is 9.90 Å². The first kappa shape index (κ1) is 12.2. The van der Waals surface area contributed by atoms with Gasteiger partial charge in [0.05, 0.1) is 13.2 Å². The standard InChI is InChI=1S/C12H13NO3/c1-16-11-7-3-2-5-9(11)12(15)10(14)6-4-8-13/h2-3,5,7,12,15H,4,6H2,1H3. The van der Waals surface area contributed by atoms with Gasteiger partial charge in [-0.1, -0.05) is 18.2 Å². The number of methoxy groups -OCH3 is 1. The Kier molecular flexibility index (Phi) is 4.49. The molecule has 1 N–H and O–H groups in total. The Balaban J connectivity index is 2.83. The van der Waals surface area contributed by atoms with Crippen LogP contribution in [0, 0.1) is 11.3 Å². The summed E-state index contributed by atoms with van der Waals surface area (Å²) in [7, 11) is 1.48. The Morgan fingerprint density at radius 1 is 1.56 bits per heavy atom. The molecule has 0 fully saturated rings. The predicted octanol–water partition coefficient (Wildman–Crippen LogP) is 1.60. The van der Waals surface area contributed by atoms with Gasteiger partial charge in [-0.25, -0.2) is 0 Å². The fourth-order valence-electron chi connectivity index (χ4n) is 1.38. The first-order valence-electron chi connectivity index (χ1n) is 4.91. The Morgan fingerprint density at radius 2 is 2.25 bits per heavy atom. The van der Waals surface area contributed by atoms with Crippen LogP contribution in [0.15, 0.2) is 24.3 Å². The van der Waals surface area contributed by atoms with Crippen LogP contribution in [-0.4, -0.2) is 18.0 Å². The molecule has 1 aromatic carbocycles. The molecule has 1 unspecified atom stereocenters. The van der Waals surface area contributed by atoms with Crippen LogP contribution in [0.3, 0.4) is 0 Å². The summed E-state index contributed by atoms with van der Waals surface area (Å²) < 4.78 is 5.04. The SMILES string of the molecule is COc1ccccc1C(O)C(=O)CCC#N. The minimum Gasteiger partial charge on any atom is -0.496 e. The van der Waals surface area contributed by atoms with Gasteiger partial charge in [-0.05, 0) is 6.07 Å². The van der Waals surface area contributed by atoms with Crippen molar-refractivity contribution in [3.05, 3.63) is 29.8 Å². The summed E-state index contributed by atoms with van der Waals surface area (Å²) in [6.07, 6.45) is -1.05. The first-order valence-corrected chi connectivity index (χ1v) is 4.91. The highest BCUT2D eigenvalue weighted by atomic mass is 16.5. The maximum absolute atomic E-state index is 11.5. The van der Waals surface area contributed by atoms with E-state index in [4.69, 9.17) is 10.00 Å². The quantitative estimate of drug-likeness (QED) is 0.816. The van der Waals surface area contributed by atoms with Crippen molar-refractivity contribution >= 4 is 5.78 Å². The van der Waals surface area contributed by atoms with Gasteiger partial charge in [0.1, 0.15) is 11.9 Å². The number of nitrogens with zero attached hydrogens (tertiary/aromatic N) is 1. The van der Waals surface area contributed by atoms with Crippen LogP contribution < -0.4 is 4.74 Å². The number of aliphatic hydroxyl groups excluding tert-OH is 1. The van der Waals surface area contributed by atoms with Crippen LogP contribution in [-0.2, 0) is 4.79 Å². The van der Waals surface area contributed by atoms with E-state index in [1.807, 2.05) is 6.07 Å². The highest BCUT2D eigenvalue weighted by Gasteiger charge is 2.19. The number of hydrogen-bond acceptors (Lipinski definition) is 4. The third kappa shape index (κ3) is 2.81. The number of nitriles is 1. The van der Waals surface area contributed by atoms with Crippen LogP contribution in [0.2, 0.25) is 0 Å². The number of para-hydroxylation sites is 1. The molecule has 0 amide bonds. The summed E-state index contributed by atoms with van der Waals surface area (Å²) >= 11 is 0. The highest BCUT2D eigenvalue weighted by molar-refractivity contribution is 5.84. The van der Waals surface area contributed by atoms with Gasteiger partial charge in [0.15, 0.2) is 5.78 Å². The van der Waals surface area contributed by atoms with Crippen LogP contribution in [0.5, 0.6) is 5.75 Å². The van der Waals surface area contributed by atoms with Crippen molar-refractivity contribution in [2.45, 2.75) is 18.9 Å². The molecule has 0 aliphatic heterocycles. The number of hydrogen-bond donors (Lipinski definition) is 1. The topological polar surface area (TPSA) is 70.3 Å². The van der Waals surface area contributed by atoms with Crippen molar-refractivity contribution in [2.75, 3.05) is 7.11 Å². The lowest BCUT2D eigenvalue weighted by Gasteiger charge is -2.12. The Hall–Kier alpha value is -1.86. The van der Waals surface area contributed by atoms with Crippen molar-refractivity contribution in [3.8, 4) is 11.8 Å². The average molecular weight is 219 g/mol. The number of carbonyl (C=O) groups excluding carboxylic acids is 1. The molecule has 0 spiro atoms. The van der Waals surface area contributed by atoms with Crippen LogP contribution in [0.1, 0.15) is 24.5 Å². The third-order valence-electron chi connectivity index (χ3n) is 2.22. The molecule has 16 heavy (non-hydrogen) atoms. The fourth-order valence-corrected chi connectivity index (χ4v) is 1.38. The fraction of sp³-hybridized carbons (Fsp3) is 0.333. The second-order valence-corrected chi connectivity index (χ2v) is 3.27. The molecule has 1 atom stereocenters. The van der Waals surface area contributed by atoms with Crippen molar-refractivity contribution in [2.24, 2.45) is 0 Å². The maximum Gasteiger partial charge on any atom is 0.166 e. The zero-order chi connectivity index (χ0) is 12.0.